The van der Waals surface area contributed by atoms with Gasteiger partial charge in [-0.25, -0.2) is 4.39 Å². The zero-order valence-electron chi connectivity index (χ0n) is 17.7. The van der Waals surface area contributed by atoms with Crippen LogP contribution in [0.15, 0.2) is 77.8 Å². The van der Waals surface area contributed by atoms with Gasteiger partial charge < -0.3 is 4.57 Å². The first kappa shape index (κ1) is 22.7. The summed E-state index contributed by atoms with van der Waals surface area (Å²) in [5.74, 6) is -0.893. The summed E-state index contributed by atoms with van der Waals surface area (Å²) in [7, 11) is 0. The highest BCUT2D eigenvalue weighted by atomic mass is 35.5. The molecule has 0 saturated carbocycles. The Bertz CT molecular complexity index is 1460. The molecule has 2 amide bonds. The number of carbonyl (C=O) groups excluding carboxylic acids is 2. The van der Waals surface area contributed by atoms with E-state index in [1.165, 1.54) is 6.07 Å². The summed E-state index contributed by atoms with van der Waals surface area (Å²) in [5, 5.41) is 1.64. The lowest BCUT2D eigenvalue weighted by molar-refractivity contribution is -0.123. The van der Waals surface area contributed by atoms with Gasteiger partial charge in [0.05, 0.1) is 18.0 Å². The molecule has 3 aromatic carbocycles. The number of thioether (sulfide) groups is 1. The predicted molar refractivity (Wildman–Crippen MR) is 135 cm³/mol. The highest BCUT2D eigenvalue weighted by Gasteiger charge is 2.35. The maximum atomic E-state index is 14.1. The number of fused-ring (bicyclic) bond motifs is 1. The Morgan fingerprint density at radius 1 is 0.882 bits per heavy atom. The van der Waals surface area contributed by atoms with Gasteiger partial charge in [0, 0.05) is 43.8 Å². The second kappa shape index (κ2) is 9.29. The van der Waals surface area contributed by atoms with Gasteiger partial charge >= 0.3 is 0 Å². The van der Waals surface area contributed by atoms with Gasteiger partial charge in [0.15, 0.2) is 0 Å². The molecule has 4 aromatic rings. The Morgan fingerprint density at radius 3 is 2.35 bits per heavy atom. The number of imide groups is 1. The Balaban J connectivity index is 1.49. The number of rotatable bonds is 5. The number of nitrogens with zero attached hydrogens (tertiary/aromatic N) is 2. The Hall–Kier alpha value is -3.06. The Kier molecular flexibility index (Phi) is 6.21. The molecule has 0 bridgehead atoms. The average Bonchev–Trinajstić information content (AvgIpc) is 3.30. The van der Waals surface area contributed by atoms with E-state index in [-0.39, 0.29) is 6.54 Å². The molecule has 34 heavy (non-hydrogen) atoms. The van der Waals surface area contributed by atoms with Crippen LogP contribution in [0.5, 0.6) is 0 Å². The van der Waals surface area contributed by atoms with E-state index in [0.29, 0.717) is 27.1 Å². The van der Waals surface area contributed by atoms with Crippen molar-refractivity contribution in [2.24, 2.45) is 0 Å². The van der Waals surface area contributed by atoms with Crippen molar-refractivity contribution in [3.05, 3.63) is 110 Å². The third-order valence-electron chi connectivity index (χ3n) is 5.66. The van der Waals surface area contributed by atoms with Crippen molar-refractivity contribution in [2.75, 3.05) is 0 Å². The summed E-state index contributed by atoms with van der Waals surface area (Å²) in [5.41, 5.74) is 2.81. The van der Waals surface area contributed by atoms with Crippen molar-refractivity contribution in [3.8, 4) is 0 Å². The van der Waals surface area contributed by atoms with Gasteiger partial charge in [0.1, 0.15) is 5.82 Å². The number of para-hydroxylation sites is 1. The fourth-order valence-corrected chi connectivity index (χ4v) is 5.30. The predicted octanol–water partition coefficient (Wildman–Crippen LogP) is 7.37. The summed E-state index contributed by atoms with van der Waals surface area (Å²) < 4.78 is 16.1. The van der Waals surface area contributed by atoms with Crippen LogP contribution >= 0.6 is 35.0 Å². The van der Waals surface area contributed by atoms with E-state index in [1.807, 2.05) is 35.0 Å². The molecule has 170 valence electrons. The van der Waals surface area contributed by atoms with E-state index in [2.05, 4.69) is 0 Å². The van der Waals surface area contributed by atoms with Crippen LogP contribution in [0.3, 0.4) is 0 Å². The molecule has 1 aromatic heterocycles. The van der Waals surface area contributed by atoms with Crippen molar-refractivity contribution in [1.29, 1.82) is 0 Å². The third-order valence-corrected chi connectivity index (χ3v) is 7.27. The minimum atomic E-state index is -0.452. The van der Waals surface area contributed by atoms with Gasteiger partial charge in [-0.3, -0.25) is 14.5 Å². The molecule has 2 heterocycles. The van der Waals surface area contributed by atoms with Gasteiger partial charge in [0.25, 0.3) is 11.1 Å². The van der Waals surface area contributed by atoms with E-state index in [4.69, 9.17) is 23.2 Å². The molecule has 4 nitrogen and oxygen atoms in total. The smallest absolute Gasteiger partial charge is 0.293 e. The second-order valence-corrected chi connectivity index (χ2v) is 9.60. The Morgan fingerprint density at radius 2 is 1.59 bits per heavy atom. The molecule has 0 unspecified atom stereocenters. The van der Waals surface area contributed by atoms with Gasteiger partial charge in [-0.05, 0) is 42.1 Å². The largest absolute Gasteiger partial charge is 0.342 e. The number of benzene rings is 3. The maximum absolute atomic E-state index is 14.1. The van der Waals surface area contributed by atoms with Crippen molar-refractivity contribution >= 4 is 63.1 Å². The standard InChI is InChI=1S/C26H17Cl2FN2O2S/c27-20-8-5-9-21(28)19(20)15-30-13-17(18-7-2-4-11-23(18)30)12-24-25(32)31(26(33)34-24)14-16-6-1-3-10-22(16)29/h1-13H,14-15H2/b24-12-. The normalized spacial score (nSPS) is 15.1. The maximum Gasteiger partial charge on any atom is 0.293 e. The van der Waals surface area contributed by atoms with Crippen LogP contribution in [0.1, 0.15) is 16.7 Å². The minimum Gasteiger partial charge on any atom is -0.342 e. The first-order valence-electron chi connectivity index (χ1n) is 10.4. The molecule has 0 radical (unpaired) electrons. The van der Waals surface area contributed by atoms with E-state index in [0.717, 1.165) is 38.7 Å². The molecule has 5 rings (SSSR count). The number of carbonyl (C=O) groups is 2. The summed E-state index contributed by atoms with van der Waals surface area (Å²) in [6.45, 7) is 0.336. The monoisotopic (exact) mass is 510 g/mol. The fourth-order valence-electron chi connectivity index (χ4n) is 3.95. The topological polar surface area (TPSA) is 42.3 Å². The number of halogens is 3. The van der Waals surface area contributed by atoms with Gasteiger partial charge in [-0.1, -0.05) is 65.7 Å². The first-order valence-corrected chi connectivity index (χ1v) is 12.0. The molecule has 1 aliphatic rings. The van der Waals surface area contributed by atoms with Crippen LogP contribution in [0.4, 0.5) is 9.18 Å². The van der Waals surface area contributed by atoms with E-state index in [9.17, 15) is 14.0 Å². The quantitative estimate of drug-likeness (QED) is 0.263. The lowest BCUT2D eigenvalue weighted by Crippen LogP contribution is -2.27. The van der Waals surface area contributed by atoms with Crippen LogP contribution in [0.2, 0.25) is 10.0 Å². The molecule has 1 fully saturated rings. The molecule has 0 spiro atoms. The lowest BCUT2D eigenvalue weighted by atomic mass is 10.1. The van der Waals surface area contributed by atoms with E-state index in [1.54, 1.807) is 42.5 Å². The molecular weight excluding hydrogens is 494 g/mol. The van der Waals surface area contributed by atoms with Crippen molar-refractivity contribution in [1.82, 2.24) is 9.47 Å². The van der Waals surface area contributed by atoms with Gasteiger partial charge in [-0.2, -0.15) is 0 Å². The van der Waals surface area contributed by atoms with Gasteiger partial charge in [-0.15, -0.1) is 0 Å². The molecular formula is C26H17Cl2FN2O2S. The summed E-state index contributed by atoms with van der Waals surface area (Å²) in [4.78, 5) is 26.9. The van der Waals surface area contributed by atoms with Crippen LogP contribution in [0, 0.1) is 5.82 Å². The van der Waals surface area contributed by atoms with E-state index >= 15 is 0 Å². The third kappa shape index (κ3) is 4.25. The summed E-state index contributed by atoms with van der Waals surface area (Å²) in [6.07, 6.45) is 3.62. The summed E-state index contributed by atoms with van der Waals surface area (Å²) in [6, 6.07) is 19.3. The lowest BCUT2D eigenvalue weighted by Gasteiger charge is -2.12. The van der Waals surface area contributed by atoms with Crippen LogP contribution in [-0.4, -0.2) is 20.6 Å². The molecule has 0 aliphatic carbocycles. The van der Waals surface area contributed by atoms with E-state index < -0.39 is 17.0 Å². The average molecular weight is 511 g/mol. The fraction of sp³-hybridized carbons (Fsp3) is 0.0769. The van der Waals surface area contributed by atoms with Crippen molar-refractivity contribution < 1.29 is 14.0 Å². The first-order chi connectivity index (χ1) is 16.4. The van der Waals surface area contributed by atoms with Crippen LogP contribution in [-0.2, 0) is 17.9 Å². The number of hydrogen-bond donors (Lipinski definition) is 0. The SMILES string of the molecule is O=C1S/C(=C\c2cn(Cc3c(Cl)cccc3Cl)c3ccccc23)C(=O)N1Cc1ccccc1F. The molecule has 0 atom stereocenters. The van der Waals surface area contributed by atoms with Gasteiger partial charge in [0.2, 0.25) is 0 Å². The number of aromatic nitrogens is 1. The highest BCUT2D eigenvalue weighted by molar-refractivity contribution is 8.18. The zero-order valence-corrected chi connectivity index (χ0v) is 20.0. The van der Waals surface area contributed by atoms with Crippen LogP contribution in [0.25, 0.3) is 17.0 Å². The second-order valence-electron chi connectivity index (χ2n) is 7.79. The van der Waals surface area contributed by atoms with Crippen molar-refractivity contribution in [3.63, 3.8) is 0 Å². The van der Waals surface area contributed by atoms with Crippen LogP contribution < -0.4 is 0 Å². The molecule has 1 saturated heterocycles. The zero-order chi connectivity index (χ0) is 23.8. The number of amides is 2. The number of hydrogen-bond acceptors (Lipinski definition) is 3. The molecule has 0 N–H and O–H groups in total. The van der Waals surface area contributed by atoms with Crippen molar-refractivity contribution in [2.45, 2.75) is 13.1 Å². The summed E-state index contributed by atoms with van der Waals surface area (Å²) >= 11 is 13.6. The molecule has 1 aliphatic heterocycles. The Labute approximate surface area is 209 Å². The minimum absolute atomic E-state index is 0.110. The highest BCUT2D eigenvalue weighted by Crippen LogP contribution is 2.36. The molecule has 8 heteroatoms.